The van der Waals surface area contributed by atoms with Crippen LogP contribution < -0.4 is 11.1 Å². The van der Waals surface area contributed by atoms with Crippen molar-refractivity contribution in [2.75, 3.05) is 18.1 Å². The van der Waals surface area contributed by atoms with Gasteiger partial charge in [-0.25, -0.2) is 14.6 Å². The number of carbonyl (C=O) groups excluding carboxylic acids is 4. The molecule has 2 amide bonds. The highest BCUT2D eigenvalue weighted by Crippen LogP contribution is 2.41. The Morgan fingerprint density at radius 3 is 2.45 bits per heavy atom. The first kappa shape index (κ1) is 29.2. The quantitative estimate of drug-likeness (QED) is 0.206. The maximum absolute atomic E-state index is 13.2. The number of β-lactam (4-membered cyclic amide) rings is 1. The fraction of sp³-hybridized carbons (Fsp3) is 0.500. The van der Waals surface area contributed by atoms with Crippen LogP contribution in [0.1, 0.15) is 47.2 Å². The molecule has 2 aliphatic rings. The van der Waals surface area contributed by atoms with Crippen molar-refractivity contribution in [3.63, 3.8) is 0 Å². The summed E-state index contributed by atoms with van der Waals surface area (Å²) < 4.78 is 10.7. The summed E-state index contributed by atoms with van der Waals surface area (Å²) in [5, 5.41) is 7.55. The van der Waals surface area contributed by atoms with E-state index in [0.717, 1.165) is 11.3 Å². The molecular weight excluding hydrogens is 534 g/mol. The summed E-state index contributed by atoms with van der Waals surface area (Å²) in [4.78, 5) is 61.6. The molecule has 1 saturated heterocycles. The maximum atomic E-state index is 13.2. The van der Waals surface area contributed by atoms with Crippen molar-refractivity contribution in [2.45, 2.75) is 64.2 Å². The number of hydrogen-bond acceptors (Lipinski definition) is 12. The Kier molecular flexibility index (Phi) is 8.56. The molecule has 0 bridgehead atoms. The van der Waals surface area contributed by atoms with Crippen molar-refractivity contribution < 1.29 is 33.5 Å². The molecular formula is C24H31N5O7S2. The minimum absolute atomic E-state index is 0.107. The Bertz CT molecular complexity index is 1210. The molecule has 1 fully saturated rings. The summed E-state index contributed by atoms with van der Waals surface area (Å²) in [5.41, 5.74) is 4.73. The fourth-order valence-electron chi connectivity index (χ4n) is 3.45. The number of thioether (sulfide) groups is 1. The van der Waals surface area contributed by atoms with Crippen molar-refractivity contribution in [1.82, 2.24) is 15.2 Å². The topological polar surface area (TPSA) is 163 Å². The largest absolute Gasteiger partial charge is 0.457 e. The first-order valence-electron chi connectivity index (χ1n) is 11.6. The highest BCUT2D eigenvalue weighted by atomic mass is 32.2. The monoisotopic (exact) mass is 565 g/mol. The molecule has 3 heterocycles. The Hall–Kier alpha value is -3.39. The molecule has 3 rings (SSSR count). The molecule has 38 heavy (non-hydrogen) atoms. The lowest BCUT2D eigenvalue weighted by Gasteiger charge is -2.49. The lowest BCUT2D eigenvalue weighted by atomic mass is 10.0. The van der Waals surface area contributed by atoms with Crippen molar-refractivity contribution in [3.05, 3.63) is 35.0 Å². The zero-order valence-electron chi connectivity index (χ0n) is 22.0. The zero-order valence-corrected chi connectivity index (χ0v) is 23.7. The number of anilines is 1. The second-order valence-electron chi connectivity index (χ2n) is 10.3. The number of nitrogen functional groups attached to an aromatic ring is 1. The minimum Gasteiger partial charge on any atom is -0.457 e. The number of hydrogen-bond donors (Lipinski definition) is 2. The Morgan fingerprint density at radius 1 is 1.24 bits per heavy atom. The van der Waals surface area contributed by atoms with E-state index >= 15 is 0 Å². The highest BCUT2D eigenvalue weighted by Gasteiger charge is 2.54. The van der Waals surface area contributed by atoms with Crippen LogP contribution in [-0.2, 0) is 33.5 Å². The average molecular weight is 566 g/mol. The summed E-state index contributed by atoms with van der Waals surface area (Å²) in [5.74, 6) is -2.20. The molecule has 1 aromatic heterocycles. The number of rotatable bonds is 8. The van der Waals surface area contributed by atoms with E-state index in [1.165, 1.54) is 28.1 Å². The third kappa shape index (κ3) is 6.92. The van der Waals surface area contributed by atoms with Crippen molar-refractivity contribution in [1.29, 1.82) is 0 Å². The predicted molar refractivity (Wildman–Crippen MR) is 143 cm³/mol. The van der Waals surface area contributed by atoms with Gasteiger partial charge in [0.25, 0.3) is 11.8 Å². The van der Waals surface area contributed by atoms with E-state index in [1.807, 2.05) is 0 Å². The number of aromatic nitrogens is 1. The number of amides is 2. The van der Waals surface area contributed by atoms with Crippen LogP contribution in [0.15, 0.2) is 34.5 Å². The maximum Gasteiger partial charge on any atom is 0.355 e. The van der Waals surface area contributed by atoms with E-state index in [9.17, 15) is 19.2 Å². The van der Waals surface area contributed by atoms with Crippen LogP contribution >= 0.6 is 23.1 Å². The first-order chi connectivity index (χ1) is 17.6. The highest BCUT2D eigenvalue weighted by molar-refractivity contribution is 8.00. The number of oxime groups is 1. The van der Waals surface area contributed by atoms with E-state index in [4.69, 9.17) is 20.0 Å². The Labute approximate surface area is 228 Å². The van der Waals surface area contributed by atoms with Crippen molar-refractivity contribution in [2.24, 2.45) is 5.16 Å². The van der Waals surface area contributed by atoms with E-state index in [1.54, 1.807) is 41.5 Å². The smallest absolute Gasteiger partial charge is 0.355 e. The molecule has 14 heteroatoms. The molecule has 0 aliphatic carbocycles. The number of nitrogens with two attached hydrogens (primary N) is 1. The summed E-state index contributed by atoms with van der Waals surface area (Å²) in [6.45, 7) is 13.5. The summed E-state index contributed by atoms with van der Waals surface area (Å²) >= 11 is 2.44. The van der Waals surface area contributed by atoms with Gasteiger partial charge in [0, 0.05) is 11.1 Å². The van der Waals surface area contributed by atoms with Crippen LogP contribution in [0.5, 0.6) is 0 Å². The number of esters is 2. The molecule has 0 unspecified atom stereocenters. The summed E-state index contributed by atoms with van der Waals surface area (Å²) in [6, 6.07) is -0.955. The molecule has 3 N–H and O–H groups in total. The zero-order chi connectivity index (χ0) is 28.4. The number of thiazole rings is 1. The van der Waals surface area contributed by atoms with Gasteiger partial charge in [-0.2, -0.15) is 0 Å². The molecule has 0 radical (unpaired) electrons. The van der Waals surface area contributed by atoms with Crippen LogP contribution in [0.25, 0.3) is 0 Å². The molecule has 1 aromatic rings. The van der Waals surface area contributed by atoms with Crippen LogP contribution in [0.2, 0.25) is 0 Å². The average Bonchev–Trinajstić information content (AvgIpc) is 3.22. The molecule has 2 aliphatic heterocycles. The predicted octanol–water partition coefficient (Wildman–Crippen LogP) is 1.97. The van der Waals surface area contributed by atoms with E-state index in [-0.39, 0.29) is 22.2 Å². The van der Waals surface area contributed by atoms with Gasteiger partial charge in [0.05, 0.1) is 0 Å². The van der Waals surface area contributed by atoms with E-state index in [0.29, 0.717) is 11.3 Å². The van der Waals surface area contributed by atoms with Crippen LogP contribution in [0, 0.1) is 0 Å². The number of ether oxygens (including phenoxy) is 2. The Balaban J connectivity index is 1.77. The SMILES string of the molecule is C=CC1=C(C(=O)OC(C)(C)C)N2C(=O)[C@@H](NC(=O)/C(=N\OCC(=O)OC(C)(C)C)c3csc(N)n3)[C@H]2SC1. The standard InChI is InChI=1S/C24H31N5O7S2/c1-8-12-10-37-20-16(19(32)29(20)17(12)21(33)36-24(5,6)7)27-18(31)15(13-11-38-22(25)26-13)28-34-9-14(30)35-23(2,3)4/h8,11,16,20H,1,9-10H2,2-7H3,(H2,25,26)(H,27,31)/b28-15-/t16-,20-/m1/s1. The van der Waals surface area contributed by atoms with Crippen LogP contribution in [0.3, 0.4) is 0 Å². The number of nitrogens with zero attached hydrogens (tertiary/aromatic N) is 3. The number of nitrogens with one attached hydrogen (secondary N) is 1. The Morgan fingerprint density at radius 2 is 1.89 bits per heavy atom. The van der Waals surface area contributed by atoms with Crippen LogP contribution in [-0.4, -0.2) is 74.3 Å². The number of fused-ring (bicyclic) bond motifs is 1. The van der Waals surface area contributed by atoms with Gasteiger partial charge in [0.1, 0.15) is 34.0 Å². The third-order valence-corrected chi connectivity index (χ3v) is 6.84. The normalized spacial score (nSPS) is 19.8. The number of carbonyl (C=O) groups is 4. The van der Waals surface area contributed by atoms with Crippen molar-refractivity contribution in [3.8, 4) is 0 Å². The van der Waals surface area contributed by atoms with Gasteiger partial charge >= 0.3 is 11.9 Å². The molecule has 2 atom stereocenters. The fourth-order valence-corrected chi connectivity index (χ4v) is 5.33. The van der Waals surface area contributed by atoms with Crippen LogP contribution in [0.4, 0.5) is 5.13 Å². The van der Waals surface area contributed by atoms with Gasteiger partial charge in [0.15, 0.2) is 10.8 Å². The van der Waals surface area contributed by atoms with Gasteiger partial charge in [0.2, 0.25) is 6.61 Å². The lowest BCUT2D eigenvalue weighted by Crippen LogP contribution is -2.71. The first-order valence-corrected chi connectivity index (χ1v) is 13.5. The van der Waals surface area contributed by atoms with Gasteiger partial charge in [-0.1, -0.05) is 17.8 Å². The molecule has 0 aromatic carbocycles. The molecule has 0 saturated carbocycles. The second kappa shape index (κ2) is 11.2. The van der Waals surface area contributed by atoms with Gasteiger partial charge in [-0.15, -0.1) is 23.1 Å². The second-order valence-corrected chi connectivity index (χ2v) is 12.3. The van der Waals surface area contributed by atoms with Gasteiger partial charge in [-0.05, 0) is 47.1 Å². The number of allylic oxidation sites excluding steroid dienone is 1. The molecule has 12 nitrogen and oxygen atoms in total. The van der Waals surface area contributed by atoms with E-state index in [2.05, 4.69) is 22.0 Å². The lowest BCUT2D eigenvalue weighted by molar-refractivity contribution is -0.160. The minimum atomic E-state index is -0.955. The third-order valence-electron chi connectivity index (χ3n) is 4.86. The van der Waals surface area contributed by atoms with Gasteiger partial charge < -0.3 is 25.4 Å². The summed E-state index contributed by atoms with van der Waals surface area (Å²) in [6.07, 6.45) is 1.51. The molecule has 0 spiro atoms. The molecule has 206 valence electrons. The van der Waals surface area contributed by atoms with E-state index < -0.39 is 53.0 Å². The van der Waals surface area contributed by atoms with Gasteiger partial charge in [-0.3, -0.25) is 14.5 Å². The van der Waals surface area contributed by atoms with Crippen molar-refractivity contribution >= 4 is 57.7 Å². The summed E-state index contributed by atoms with van der Waals surface area (Å²) in [7, 11) is 0.